The third-order valence-electron chi connectivity index (χ3n) is 9.42. The molecule has 0 bridgehead atoms. The van der Waals surface area contributed by atoms with Crippen molar-refractivity contribution in [2.75, 3.05) is 18.5 Å². The van der Waals surface area contributed by atoms with Crippen molar-refractivity contribution in [1.82, 2.24) is 20.4 Å². The molecule has 0 spiro atoms. The Kier molecular flexibility index (Phi) is 10.5. The highest BCUT2D eigenvalue weighted by Crippen LogP contribution is 2.38. The SMILES string of the molecule is CC(=O)Nc1ccc(-c2cccc3c2CN([C@@H](CO)C(=O)N[C@@H](CO[Si](c2ccccc2)(c2ccccc2)C(C)(C)C)c2noc(C)n2)C3=O)cc1. The minimum absolute atomic E-state index is 0.00292. The third-order valence-corrected chi connectivity index (χ3v) is 14.4. The Morgan fingerprint density at radius 1 is 0.923 bits per heavy atom. The van der Waals surface area contributed by atoms with Crippen LogP contribution in [0, 0.1) is 6.92 Å². The molecule has 3 amide bonds. The van der Waals surface area contributed by atoms with Crippen molar-refractivity contribution < 1.29 is 28.4 Å². The smallest absolute Gasteiger partial charge is 0.261 e. The Hall–Kier alpha value is -5.43. The summed E-state index contributed by atoms with van der Waals surface area (Å²) in [6.07, 6.45) is 0. The van der Waals surface area contributed by atoms with E-state index in [-0.39, 0.29) is 35.8 Å². The fourth-order valence-corrected chi connectivity index (χ4v) is 11.6. The molecule has 0 saturated heterocycles. The number of carbonyl (C=O) groups is 3. The maximum absolute atomic E-state index is 14.2. The molecule has 4 aromatic carbocycles. The molecule has 5 aromatic rings. The van der Waals surface area contributed by atoms with Crippen molar-refractivity contribution in [2.24, 2.45) is 0 Å². The number of nitrogens with one attached hydrogen (secondary N) is 2. The maximum Gasteiger partial charge on any atom is 0.261 e. The van der Waals surface area contributed by atoms with Crippen LogP contribution < -0.4 is 21.0 Å². The molecule has 12 heteroatoms. The van der Waals surface area contributed by atoms with E-state index in [0.717, 1.165) is 27.1 Å². The first-order chi connectivity index (χ1) is 24.9. The number of aliphatic hydroxyl groups is 1. The normalized spacial score (nSPS) is 14.1. The average molecular weight is 718 g/mol. The van der Waals surface area contributed by atoms with Crippen LogP contribution in [0.4, 0.5) is 5.69 Å². The van der Waals surface area contributed by atoms with Gasteiger partial charge in [-0.15, -0.1) is 0 Å². The zero-order valence-corrected chi connectivity index (χ0v) is 30.9. The van der Waals surface area contributed by atoms with Gasteiger partial charge < -0.3 is 29.6 Å². The Morgan fingerprint density at radius 3 is 2.08 bits per heavy atom. The third kappa shape index (κ3) is 7.18. The van der Waals surface area contributed by atoms with Gasteiger partial charge in [-0.1, -0.05) is 111 Å². The summed E-state index contributed by atoms with van der Waals surface area (Å²) < 4.78 is 12.5. The quantitative estimate of drug-likeness (QED) is 0.157. The van der Waals surface area contributed by atoms with E-state index in [1.165, 1.54) is 11.8 Å². The number of carbonyl (C=O) groups excluding carboxylic acids is 3. The van der Waals surface area contributed by atoms with Crippen LogP contribution in [0.3, 0.4) is 0 Å². The molecule has 0 aliphatic carbocycles. The summed E-state index contributed by atoms with van der Waals surface area (Å²) in [4.78, 5) is 45.3. The minimum Gasteiger partial charge on any atom is -0.405 e. The predicted octanol–water partition coefficient (Wildman–Crippen LogP) is 4.75. The summed E-state index contributed by atoms with van der Waals surface area (Å²) in [7, 11) is -3.03. The lowest BCUT2D eigenvalue weighted by molar-refractivity contribution is -0.128. The fraction of sp³-hybridized carbons (Fsp3) is 0.275. The molecule has 2 heterocycles. The first kappa shape index (κ1) is 36.4. The van der Waals surface area contributed by atoms with Crippen molar-refractivity contribution in [1.29, 1.82) is 0 Å². The summed E-state index contributed by atoms with van der Waals surface area (Å²) in [5, 5.41) is 22.3. The number of hydrogen-bond donors (Lipinski definition) is 3. The van der Waals surface area contributed by atoms with Gasteiger partial charge in [-0.2, -0.15) is 4.98 Å². The van der Waals surface area contributed by atoms with Crippen LogP contribution in [0.5, 0.6) is 0 Å². The lowest BCUT2D eigenvalue weighted by Gasteiger charge is -2.43. The number of benzene rings is 4. The Balaban J connectivity index is 1.28. The number of aryl methyl sites for hydroxylation is 1. The van der Waals surface area contributed by atoms with Gasteiger partial charge in [0.2, 0.25) is 17.7 Å². The van der Waals surface area contributed by atoms with Gasteiger partial charge >= 0.3 is 0 Å². The topological polar surface area (TPSA) is 147 Å². The van der Waals surface area contributed by atoms with Crippen molar-refractivity contribution >= 4 is 42.1 Å². The van der Waals surface area contributed by atoms with Crippen LogP contribution in [-0.4, -0.2) is 65.4 Å². The average Bonchev–Trinajstić information content (AvgIpc) is 3.71. The second kappa shape index (κ2) is 15.0. The van der Waals surface area contributed by atoms with Crippen LogP contribution in [0.15, 0.2) is 108 Å². The van der Waals surface area contributed by atoms with E-state index in [9.17, 15) is 19.5 Å². The Bertz CT molecular complexity index is 2010. The molecule has 0 saturated carbocycles. The number of aliphatic hydroxyl groups excluding tert-OH is 1. The molecule has 2 atom stereocenters. The number of nitrogens with zero attached hydrogens (tertiary/aromatic N) is 3. The molecular weight excluding hydrogens is 675 g/mol. The van der Waals surface area contributed by atoms with Crippen molar-refractivity contribution in [2.45, 2.75) is 58.3 Å². The summed E-state index contributed by atoms with van der Waals surface area (Å²) in [6.45, 7) is 9.10. The molecule has 0 fully saturated rings. The lowest BCUT2D eigenvalue weighted by atomic mass is 9.97. The van der Waals surface area contributed by atoms with Gasteiger partial charge in [0.25, 0.3) is 14.2 Å². The van der Waals surface area contributed by atoms with Crippen LogP contribution in [0.2, 0.25) is 5.04 Å². The minimum atomic E-state index is -3.03. The van der Waals surface area contributed by atoms with E-state index in [1.807, 2.05) is 54.6 Å². The van der Waals surface area contributed by atoms with E-state index in [0.29, 0.717) is 17.1 Å². The van der Waals surface area contributed by atoms with E-state index < -0.39 is 32.9 Å². The highest BCUT2D eigenvalue weighted by Gasteiger charge is 2.51. The molecule has 268 valence electrons. The van der Waals surface area contributed by atoms with Crippen LogP contribution in [-0.2, 0) is 20.6 Å². The first-order valence-electron chi connectivity index (χ1n) is 17.2. The van der Waals surface area contributed by atoms with Crippen molar-refractivity contribution in [3.8, 4) is 11.1 Å². The van der Waals surface area contributed by atoms with Gasteiger partial charge in [0.1, 0.15) is 12.1 Å². The number of hydrogen-bond acceptors (Lipinski definition) is 8. The van der Waals surface area contributed by atoms with Crippen LogP contribution >= 0.6 is 0 Å². The molecule has 3 N–H and O–H groups in total. The van der Waals surface area contributed by atoms with E-state index in [2.05, 4.69) is 65.8 Å². The monoisotopic (exact) mass is 717 g/mol. The first-order valence-corrected chi connectivity index (χ1v) is 19.1. The van der Waals surface area contributed by atoms with Gasteiger partial charge in [-0.25, -0.2) is 0 Å². The molecule has 1 aromatic heterocycles. The molecular formula is C40H43N5O6Si. The molecule has 6 rings (SSSR count). The van der Waals surface area contributed by atoms with Gasteiger partial charge in [0.15, 0.2) is 5.82 Å². The number of aromatic nitrogens is 2. The predicted molar refractivity (Wildman–Crippen MR) is 200 cm³/mol. The lowest BCUT2D eigenvalue weighted by Crippen LogP contribution is -2.67. The molecule has 0 radical (unpaired) electrons. The Labute approximate surface area is 304 Å². The number of anilines is 1. The zero-order chi connectivity index (χ0) is 37.0. The number of amides is 3. The number of fused-ring (bicyclic) bond motifs is 1. The van der Waals surface area contributed by atoms with Crippen LogP contribution in [0.25, 0.3) is 11.1 Å². The van der Waals surface area contributed by atoms with Gasteiger partial charge in [-0.3, -0.25) is 14.4 Å². The fourth-order valence-electron chi connectivity index (χ4n) is 7.01. The molecule has 52 heavy (non-hydrogen) atoms. The van der Waals surface area contributed by atoms with Gasteiger partial charge in [0, 0.05) is 31.6 Å². The van der Waals surface area contributed by atoms with E-state index in [1.54, 1.807) is 31.2 Å². The molecule has 1 aliphatic rings. The summed E-state index contributed by atoms with van der Waals surface area (Å²) in [5.74, 6) is -0.573. The van der Waals surface area contributed by atoms with Gasteiger partial charge in [-0.05, 0) is 50.3 Å². The summed E-state index contributed by atoms with van der Waals surface area (Å²) in [6, 6.07) is 31.0. The zero-order valence-electron chi connectivity index (χ0n) is 29.9. The highest BCUT2D eigenvalue weighted by molar-refractivity contribution is 6.99. The van der Waals surface area contributed by atoms with Gasteiger partial charge in [0.05, 0.1) is 13.2 Å². The summed E-state index contributed by atoms with van der Waals surface area (Å²) >= 11 is 0. The van der Waals surface area contributed by atoms with Crippen LogP contribution in [0.1, 0.15) is 61.4 Å². The van der Waals surface area contributed by atoms with E-state index in [4.69, 9.17) is 8.95 Å². The number of rotatable bonds is 12. The highest BCUT2D eigenvalue weighted by atomic mass is 28.4. The van der Waals surface area contributed by atoms with Crippen molar-refractivity contribution in [3.05, 3.63) is 126 Å². The largest absolute Gasteiger partial charge is 0.405 e. The summed E-state index contributed by atoms with van der Waals surface area (Å²) in [5.41, 5.74) is 3.52. The molecule has 1 aliphatic heterocycles. The molecule has 0 unspecified atom stereocenters. The standard InChI is InChI=1S/C40H43N5O6Si/c1-26(47)41-29-21-19-28(20-22-29)32-17-12-18-33-34(32)23-45(39(33)49)36(24-46)38(48)43-35(37-42-27(2)51-44-37)25-50-52(40(3,4)5,30-13-8-6-9-14-30)31-15-10-7-11-16-31/h6-22,35-36,46H,23-25H2,1-5H3,(H,41,47)(H,43,48)/t35-,36-/m0/s1. The maximum atomic E-state index is 14.2. The van der Waals surface area contributed by atoms with Crippen molar-refractivity contribution in [3.63, 3.8) is 0 Å². The van der Waals surface area contributed by atoms with E-state index >= 15 is 0 Å². The Morgan fingerprint density at radius 2 is 1.54 bits per heavy atom. The second-order valence-corrected chi connectivity index (χ2v) is 18.2. The second-order valence-electron chi connectivity index (χ2n) is 13.9. The molecule has 11 nitrogen and oxygen atoms in total.